The molecule has 6 heteroatoms. The van der Waals surface area contributed by atoms with Crippen molar-refractivity contribution in [2.75, 3.05) is 13.2 Å². The van der Waals surface area contributed by atoms with Crippen LogP contribution in [0.4, 0.5) is 0 Å². The van der Waals surface area contributed by atoms with Crippen LogP contribution in [0.25, 0.3) is 0 Å². The normalized spacial score (nSPS) is 27.4. The number of halogens is 1. The molecule has 3 rings (SSSR count). The molecule has 1 aromatic rings. The first-order chi connectivity index (χ1) is 7.74. The average Bonchev–Trinajstić information content (AvgIpc) is 2.89. The van der Waals surface area contributed by atoms with Crippen LogP contribution in [0.2, 0.25) is 5.15 Å². The molecule has 16 heavy (non-hydrogen) atoms. The lowest BCUT2D eigenvalue weighted by molar-refractivity contribution is 0.0255. The second kappa shape index (κ2) is 3.68. The summed E-state index contributed by atoms with van der Waals surface area (Å²) in [5.74, 6) is -0.106. The van der Waals surface area contributed by atoms with Gasteiger partial charge in [0.1, 0.15) is 10.8 Å². The van der Waals surface area contributed by atoms with Crippen LogP contribution in [0.1, 0.15) is 16.9 Å². The van der Waals surface area contributed by atoms with Gasteiger partial charge in [-0.15, -0.1) is 0 Å². The first-order valence-corrected chi connectivity index (χ1v) is 5.52. The molecule has 0 saturated carbocycles. The van der Waals surface area contributed by atoms with E-state index in [9.17, 15) is 4.79 Å². The number of carbonyl (C=O) groups is 1. The Labute approximate surface area is 97.4 Å². The van der Waals surface area contributed by atoms with Crippen molar-refractivity contribution in [3.8, 4) is 0 Å². The molecule has 2 bridgehead atoms. The largest absolute Gasteiger partial charge is 0.374 e. The van der Waals surface area contributed by atoms with E-state index < -0.39 is 0 Å². The van der Waals surface area contributed by atoms with Crippen molar-refractivity contribution in [1.29, 1.82) is 0 Å². The molecular weight excluding hydrogens is 230 g/mol. The molecule has 3 heterocycles. The number of hydrogen-bond donors (Lipinski definition) is 0. The molecule has 1 amide bonds. The number of likely N-dealkylation sites (tertiary alicyclic amines) is 1. The summed E-state index contributed by atoms with van der Waals surface area (Å²) in [5, 5.41) is 0.242. The minimum absolute atomic E-state index is 0.106. The number of amides is 1. The molecular formula is C10H10ClN3O2. The molecule has 0 unspecified atom stereocenters. The number of nitrogens with zero attached hydrogens (tertiary/aromatic N) is 3. The second-order valence-corrected chi connectivity index (χ2v) is 4.42. The van der Waals surface area contributed by atoms with Crippen molar-refractivity contribution < 1.29 is 9.53 Å². The summed E-state index contributed by atoms with van der Waals surface area (Å²) >= 11 is 5.71. The molecule has 84 valence electrons. The van der Waals surface area contributed by atoms with Crippen LogP contribution in [0.5, 0.6) is 0 Å². The highest BCUT2D eigenvalue weighted by molar-refractivity contribution is 6.29. The summed E-state index contributed by atoms with van der Waals surface area (Å²) in [6.07, 6.45) is 3.99. The number of aromatic nitrogens is 2. The van der Waals surface area contributed by atoms with Crippen LogP contribution in [0.3, 0.4) is 0 Å². The fourth-order valence-corrected chi connectivity index (χ4v) is 2.39. The fourth-order valence-electron chi connectivity index (χ4n) is 2.24. The highest BCUT2D eigenvalue weighted by atomic mass is 35.5. The van der Waals surface area contributed by atoms with E-state index in [-0.39, 0.29) is 23.2 Å². The van der Waals surface area contributed by atoms with Crippen LogP contribution in [0, 0.1) is 0 Å². The Bertz CT molecular complexity index is 440. The van der Waals surface area contributed by atoms with Gasteiger partial charge in [0.15, 0.2) is 0 Å². The first-order valence-electron chi connectivity index (χ1n) is 5.14. The highest BCUT2D eigenvalue weighted by Crippen LogP contribution is 2.28. The summed E-state index contributed by atoms with van der Waals surface area (Å²) < 4.78 is 5.44. The third-order valence-electron chi connectivity index (χ3n) is 2.99. The molecule has 0 aromatic carbocycles. The quantitative estimate of drug-likeness (QED) is 0.726. The number of morpholine rings is 1. The Kier molecular flexibility index (Phi) is 2.29. The number of hydrogen-bond acceptors (Lipinski definition) is 4. The van der Waals surface area contributed by atoms with Crippen molar-refractivity contribution in [3.05, 3.63) is 23.2 Å². The predicted octanol–water partition coefficient (Wildman–Crippen LogP) is 0.743. The Hall–Kier alpha value is -1.20. The minimum atomic E-state index is -0.106. The summed E-state index contributed by atoms with van der Waals surface area (Å²) in [4.78, 5) is 21.7. The van der Waals surface area contributed by atoms with Gasteiger partial charge in [-0.05, 0) is 6.42 Å². The SMILES string of the molecule is O=C(c1cncc(Cl)n1)N1C[C@@H]2C[C@H]1CO2. The molecule has 0 radical (unpaired) electrons. The monoisotopic (exact) mass is 239 g/mol. The lowest BCUT2D eigenvalue weighted by atomic mass is 10.2. The molecule has 0 N–H and O–H groups in total. The highest BCUT2D eigenvalue weighted by Gasteiger charge is 2.42. The molecule has 0 aliphatic carbocycles. The third kappa shape index (κ3) is 1.56. The maximum Gasteiger partial charge on any atom is 0.274 e. The molecule has 1 aromatic heterocycles. The van der Waals surface area contributed by atoms with Crippen LogP contribution in [-0.4, -0.2) is 46.1 Å². The van der Waals surface area contributed by atoms with E-state index in [0.717, 1.165) is 6.42 Å². The first kappa shape index (κ1) is 9.99. The third-order valence-corrected chi connectivity index (χ3v) is 3.17. The van der Waals surface area contributed by atoms with Crippen LogP contribution in [0.15, 0.2) is 12.4 Å². The standard InChI is InChI=1S/C10H10ClN3O2/c11-9-3-12-2-8(13-9)10(15)14-4-7-1-6(14)5-16-7/h2-3,6-7H,1,4-5H2/t6-,7-/m0/s1. The topological polar surface area (TPSA) is 55.3 Å². The van der Waals surface area contributed by atoms with E-state index in [2.05, 4.69) is 9.97 Å². The summed E-state index contributed by atoms with van der Waals surface area (Å²) in [6, 6.07) is 0.193. The summed E-state index contributed by atoms with van der Waals surface area (Å²) in [7, 11) is 0. The van der Waals surface area contributed by atoms with Crippen LogP contribution >= 0.6 is 11.6 Å². The van der Waals surface area contributed by atoms with Crippen molar-refractivity contribution in [1.82, 2.24) is 14.9 Å². The van der Waals surface area contributed by atoms with Gasteiger partial charge in [-0.3, -0.25) is 9.78 Å². The Morgan fingerprint density at radius 2 is 2.44 bits per heavy atom. The molecule has 2 atom stereocenters. The van der Waals surface area contributed by atoms with E-state index in [0.29, 0.717) is 18.8 Å². The van der Waals surface area contributed by atoms with E-state index in [1.165, 1.54) is 12.4 Å². The molecule has 0 spiro atoms. The minimum Gasteiger partial charge on any atom is -0.374 e. The molecule has 5 nitrogen and oxygen atoms in total. The van der Waals surface area contributed by atoms with Gasteiger partial charge in [0.05, 0.1) is 31.1 Å². The Morgan fingerprint density at radius 1 is 1.56 bits per heavy atom. The number of rotatable bonds is 1. The molecule has 2 saturated heterocycles. The van der Waals surface area contributed by atoms with Crippen molar-refractivity contribution >= 4 is 17.5 Å². The molecule has 2 fully saturated rings. The van der Waals surface area contributed by atoms with Crippen LogP contribution < -0.4 is 0 Å². The number of fused-ring (bicyclic) bond motifs is 2. The fraction of sp³-hybridized carbons (Fsp3) is 0.500. The van der Waals surface area contributed by atoms with E-state index in [4.69, 9.17) is 16.3 Å². The zero-order chi connectivity index (χ0) is 11.1. The van der Waals surface area contributed by atoms with Crippen molar-refractivity contribution in [2.45, 2.75) is 18.6 Å². The second-order valence-electron chi connectivity index (χ2n) is 4.03. The van der Waals surface area contributed by atoms with E-state index in [1.807, 2.05) is 0 Å². The average molecular weight is 240 g/mol. The van der Waals surface area contributed by atoms with E-state index in [1.54, 1.807) is 4.90 Å². The van der Waals surface area contributed by atoms with Crippen molar-refractivity contribution in [2.24, 2.45) is 0 Å². The maximum atomic E-state index is 12.1. The van der Waals surface area contributed by atoms with Gasteiger partial charge in [-0.1, -0.05) is 11.6 Å². The summed E-state index contributed by atoms with van der Waals surface area (Å²) in [6.45, 7) is 1.28. The lowest BCUT2D eigenvalue weighted by Crippen LogP contribution is -2.41. The smallest absolute Gasteiger partial charge is 0.274 e. The van der Waals surface area contributed by atoms with Gasteiger partial charge < -0.3 is 9.64 Å². The number of ether oxygens (including phenoxy) is 1. The zero-order valence-electron chi connectivity index (χ0n) is 8.47. The maximum absolute atomic E-state index is 12.1. The molecule has 2 aliphatic heterocycles. The van der Waals surface area contributed by atoms with E-state index >= 15 is 0 Å². The van der Waals surface area contributed by atoms with Gasteiger partial charge in [0.2, 0.25) is 0 Å². The predicted molar refractivity (Wildman–Crippen MR) is 56.2 cm³/mol. The lowest BCUT2D eigenvalue weighted by Gasteiger charge is -2.26. The zero-order valence-corrected chi connectivity index (χ0v) is 9.22. The Morgan fingerprint density at radius 3 is 3.06 bits per heavy atom. The Balaban J connectivity index is 1.83. The van der Waals surface area contributed by atoms with Gasteiger partial charge >= 0.3 is 0 Å². The van der Waals surface area contributed by atoms with Gasteiger partial charge in [0.25, 0.3) is 5.91 Å². The van der Waals surface area contributed by atoms with Crippen molar-refractivity contribution in [3.63, 3.8) is 0 Å². The summed E-state index contributed by atoms with van der Waals surface area (Å²) in [5.41, 5.74) is 0.306. The van der Waals surface area contributed by atoms with Gasteiger partial charge in [0, 0.05) is 6.54 Å². The van der Waals surface area contributed by atoms with Gasteiger partial charge in [-0.25, -0.2) is 4.98 Å². The number of carbonyl (C=O) groups excluding carboxylic acids is 1. The van der Waals surface area contributed by atoms with Crippen LogP contribution in [-0.2, 0) is 4.74 Å². The molecule has 2 aliphatic rings. The van der Waals surface area contributed by atoms with Gasteiger partial charge in [-0.2, -0.15) is 0 Å².